The summed E-state index contributed by atoms with van der Waals surface area (Å²) in [6.07, 6.45) is -9.02. The highest BCUT2D eigenvalue weighted by Gasteiger charge is 2.37. The molecule has 0 N–H and O–H groups in total. The topological polar surface area (TPSA) is 25.8 Å². The minimum absolute atomic E-state index is 0.00180. The number of halogens is 10. The lowest BCUT2D eigenvalue weighted by Gasteiger charge is -2.12. The van der Waals surface area contributed by atoms with Gasteiger partial charge in [0.1, 0.15) is 5.69 Å². The maximum absolute atomic E-state index is 13.6. The van der Waals surface area contributed by atoms with Gasteiger partial charge >= 0.3 is 6.18 Å². The number of nitrogens with zero attached hydrogens (tertiary/aromatic N) is 2. The number of rotatable bonds is 2. The van der Waals surface area contributed by atoms with Gasteiger partial charge in [0.25, 0.3) is 6.43 Å². The van der Waals surface area contributed by atoms with Crippen molar-refractivity contribution in [3.05, 3.63) is 46.7 Å². The predicted molar refractivity (Wildman–Crippen MR) is 57.2 cm³/mol. The third-order valence-electron chi connectivity index (χ3n) is 2.69. The lowest BCUT2D eigenvalue weighted by atomic mass is 10.1. The van der Waals surface area contributed by atoms with Gasteiger partial charge in [0.05, 0.1) is 11.3 Å². The first kappa shape index (κ1) is 17.9. The molecule has 0 amide bonds. The Labute approximate surface area is 125 Å². The van der Waals surface area contributed by atoms with Gasteiger partial charge in [-0.15, -0.1) is 0 Å². The molecule has 0 saturated carbocycles. The van der Waals surface area contributed by atoms with E-state index < -0.39 is 64.5 Å². The number of aromatic nitrogens is 2. The minimum atomic E-state index is -5.40. The van der Waals surface area contributed by atoms with Crippen LogP contribution in [-0.2, 0) is 6.18 Å². The summed E-state index contributed by atoms with van der Waals surface area (Å²) < 4.78 is 129. The summed E-state index contributed by atoms with van der Waals surface area (Å²) in [7, 11) is 0. The van der Waals surface area contributed by atoms with Crippen molar-refractivity contribution in [1.82, 2.24) is 9.97 Å². The molecule has 0 atom stereocenters. The molecule has 1 aromatic carbocycles. The van der Waals surface area contributed by atoms with E-state index in [9.17, 15) is 43.9 Å². The van der Waals surface area contributed by atoms with E-state index in [-0.39, 0.29) is 6.07 Å². The summed E-state index contributed by atoms with van der Waals surface area (Å²) in [5.41, 5.74) is -5.00. The first-order valence-electron chi connectivity index (χ1n) is 5.71. The van der Waals surface area contributed by atoms with Crippen LogP contribution in [0.2, 0.25) is 0 Å². The SMILES string of the molecule is Fc1c(F)c(F)c(-c2cc(C(F)F)nc(C(F)(F)F)n2)c(F)c1F. The molecule has 0 aliphatic rings. The highest BCUT2D eigenvalue weighted by molar-refractivity contribution is 5.62. The van der Waals surface area contributed by atoms with Crippen LogP contribution in [0.1, 0.15) is 17.9 Å². The standard InChI is InChI=1S/C12H2F10N2/c13-5-4(6(14)8(16)9(17)7(5)15)2-1-3(10(18)19)24-11(23-2)12(20,21)22/h1,10H. The second-order valence-electron chi connectivity index (χ2n) is 4.25. The van der Waals surface area contributed by atoms with Crippen molar-refractivity contribution in [2.45, 2.75) is 12.6 Å². The molecule has 1 aromatic heterocycles. The van der Waals surface area contributed by atoms with Crippen LogP contribution >= 0.6 is 0 Å². The van der Waals surface area contributed by atoms with E-state index in [0.29, 0.717) is 0 Å². The highest BCUT2D eigenvalue weighted by Crippen LogP contribution is 2.34. The van der Waals surface area contributed by atoms with Crippen molar-refractivity contribution in [2.75, 3.05) is 0 Å². The van der Waals surface area contributed by atoms with Gasteiger partial charge in [0.15, 0.2) is 23.3 Å². The molecule has 0 unspecified atom stereocenters. The number of hydrogen-bond acceptors (Lipinski definition) is 2. The molecule has 0 aliphatic carbocycles. The largest absolute Gasteiger partial charge is 0.451 e. The van der Waals surface area contributed by atoms with Crippen LogP contribution in [-0.4, -0.2) is 9.97 Å². The molecule has 2 aromatic rings. The van der Waals surface area contributed by atoms with Gasteiger partial charge in [-0.2, -0.15) is 13.2 Å². The first-order valence-corrected chi connectivity index (χ1v) is 5.71. The molecule has 12 heteroatoms. The Morgan fingerprint density at radius 3 is 1.62 bits per heavy atom. The van der Waals surface area contributed by atoms with Gasteiger partial charge < -0.3 is 0 Å². The molecule has 1 heterocycles. The van der Waals surface area contributed by atoms with E-state index in [0.717, 1.165) is 0 Å². The van der Waals surface area contributed by atoms with E-state index in [4.69, 9.17) is 0 Å². The Hall–Kier alpha value is -2.40. The fourth-order valence-electron chi connectivity index (χ4n) is 1.66. The predicted octanol–water partition coefficient (Wildman–Crippen LogP) is 4.80. The van der Waals surface area contributed by atoms with Gasteiger partial charge in [0, 0.05) is 0 Å². The van der Waals surface area contributed by atoms with E-state index >= 15 is 0 Å². The van der Waals surface area contributed by atoms with Crippen LogP contribution in [0.15, 0.2) is 6.07 Å². The first-order chi connectivity index (χ1) is 10.9. The van der Waals surface area contributed by atoms with E-state index in [1.807, 2.05) is 0 Å². The highest BCUT2D eigenvalue weighted by atomic mass is 19.4. The Balaban J connectivity index is 2.85. The average molecular weight is 364 g/mol. The Kier molecular flexibility index (Phi) is 4.42. The number of hydrogen-bond donors (Lipinski definition) is 0. The second-order valence-corrected chi connectivity index (χ2v) is 4.25. The summed E-state index contributed by atoms with van der Waals surface area (Å²) in [6.45, 7) is 0. The van der Waals surface area contributed by atoms with Crippen LogP contribution in [0, 0.1) is 29.1 Å². The molecule has 0 fully saturated rings. The quantitative estimate of drug-likeness (QED) is 0.435. The fourth-order valence-corrected chi connectivity index (χ4v) is 1.66. The van der Waals surface area contributed by atoms with Crippen LogP contribution in [0.3, 0.4) is 0 Å². The van der Waals surface area contributed by atoms with Crippen LogP contribution in [0.25, 0.3) is 11.3 Å². The van der Waals surface area contributed by atoms with Crippen molar-refractivity contribution in [3.8, 4) is 11.3 Å². The summed E-state index contributed by atoms with van der Waals surface area (Å²) in [5, 5.41) is 0. The molecule has 2 rings (SSSR count). The molecule has 0 radical (unpaired) electrons. The zero-order valence-corrected chi connectivity index (χ0v) is 10.8. The zero-order chi connectivity index (χ0) is 18.4. The van der Waals surface area contributed by atoms with Gasteiger partial charge in [0.2, 0.25) is 11.6 Å². The summed E-state index contributed by atoms with van der Waals surface area (Å²) in [4.78, 5) is 5.04. The Morgan fingerprint density at radius 2 is 1.21 bits per heavy atom. The maximum Gasteiger partial charge on any atom is 0.451 e. The fraction of sp³-hybridized carbons (Fsp3) is 0.167. The molecular weight excluding hydrogens is 362 g/mol. The Bertz CT molecular complexity index is 770. The van der Waals surface area contributed by atoms with Gasteiger partial charge in [-0.3, -0.25) is 0 Å². The molecular formula is C12H2F10N2. The number of alkyl halides is 5. The summed E-state index contributed by atoms with van der Waals surface area (Å²) in [6, 6.07) is -0.00180. The lowest BCUT2D eigenvalue weighted by Crippen LogP contribution is -2.14. The van der Waals surface area contributed by atoms with Crippen molar-refractivity contribution in [1.29, 1.82) is 0 Å². The van der Waals surface area contributed by atoms with Gasteiger partial charge in [-0.25, -0.2) is 40.7 Å². The average Bonchev–Trinajstić information content (AvgIpc) is 2.50. The molecule has 0 saturated heterocycles. The van der Waals surface area contributed by atoms with Gasteiger partial charge in [-0.05, 0) is 6.07 Å². The number of benzene rings is 1. The lowest BCUT2D eigenvalue weighted by molar-refractivity contribution is -0.145. The van der Waals surface area contributed by atoms with Crippen LogP contribution < -0.4 is 0 Å². The van der Waals surface area contributed by atoms with Crippen molar-refractivity contribution < 1.29 is 43.9 Å². The smallest absolute Gasteiger partial charge is 0.224 e. The zero-order valence-electron chi connectivity index (χ0n) is 10.8. The molecule has 2 nitrogen and oxygen atoms in total. The third-order valence-corrected chi connectivity index (χ3v) is 2.69. The molecule has 0 aliphatic heterocycles. The second kappa shape index (κ2) is 5.91. The van der Waals surface area contributed by atoms with Crippen molar-refractivity contribution in [2.24, 2.45) is 0 Å². The molecule has 130 valence electrons. The van der Waals surface area contributed by atoms with E-state index in [2.05, 4.69) is 9.97 Å². The van der Waals surface area contributed by atoms with E-state index in [1.54, 1.807) is 0 Å². The molecule has 0 bridgehead atoms. The summed E-state index contributed by atoms with van der Waals surface area (Å²) in [5.74, 6) is -14.7. The van der Waals surface area contributed by atoms with Crippen LogP contribution in [0.5, 0.6) is 0 Å². The van der Waals surface area contributed by atoms with Crippen molar-refractivity contribution in [3.63, 3.8) is 0 Å². The minimum Gasteiger partial charge on any atom is -0.224 e. The van der Waals surface area contributed by atoms with Crippen molar-refractivity contribution >= 4 is 0 Å². The normalized spacial score (nSPS) is 12.1. The summed E-state index contributed by atoms with van der Waals surface area (Å²) >= 11 is 0. The maximum atomic E-state index is 13.6. The molecule has 0 spiro atoms. The Morgan fingerprint density at radius 1 is 0.750 bits per heavy atom. The molecule has 24 heavy (non-hydrogen) atoms. The third kappa shape index (κ3) is 2.99. The van der Waals surface area contributed by atoms with E-state index in [1.165, 1.54) is 0 Å². The van der Waals surface area contributed by atoms with Crippen LogP contribution in [0.4, 0.5) is 43.9 Å². The van der Waals surface area contributed by atoms with Gasteiger partial charge in [-0.1, -0.05) is 0 Å². The monoisotopic (exact) mass is 364 g/mol.